The fourth-order valence-electron chi connectivity index (χ4n) is 3.45. The fraction of sp³-hybridized carbons (Fsp3) is 0.333. The lowest BCUT2D eigenvalue weighted by Crippen LogP contribution is -2.18. The number of alkyl halides is 5. The molecule has 0 heterocycles. The van der Waals surface area contributed by atoms with Crippen LogP contribution in [0.3, 0.4) is 0 Å². The van der Waals surface area contributed by atoms with E-state index in [-0.39, 0.29) is 34.0 Å². The van der Waals surface area contributed by atoms with Crippen LogP contribution < -0.4 is 5.32 Å². The highest BCUT2D eigenvalue weighted by Crippen LogP contribution is 2.65. The van der Waals surface area contributed by atoms with Gasteiger partial charge >= 0.3 is 6.18 Å². The van der Waals surface area contributed by atoms with Gasteiger partial charge < -0.3 is 5.32 Å². The van der Waals surface area contributed by atoms with E-state index in [2.05, 4.69) is 5.32 Å². The highest BCUT2D eigenvalue weighted by Gasteiger charge is 2.67. The molecule has 2 aromatic carbocycles. The van der Waals surface area contributed by atoms with E-state index in [1.165, 1.54) is 0 Å². The zero-order valence-corrected chi connectivity index (χ0v) is 18.6. The average Bonchev–Trinajstić information content (AvgIpc) is 3.25. The molecule has 1 aliphatic rings. The molecule has 3 rings (SSSR count). The number of hydrogen-bond donors (Lipinski definition) is 1. The first-order valence-corrected chi connectivity index (χ1v) is 10.5. The summed E-state index contributed by atoms with van der Waals surface area (Å²) < 4.78 is 65.2. The third-order valence-corrected chi connectivity index (χ3v) is 6.34. The van der Waals surface area contributed by atoms with Gasteiger partial charge in [0, 0.05) is 17.9 Å². The molecule has 3 nitrogen and oxygen atoms in total. The van der Waals surface area contributed by atoms with Crippen LogP contribution in [0.2, 0.25) is 5.02 Å². The van der Waals surface area contributed by atoms with Crippen LogP contribution in [0.15, 0.2) is 30.3 Å². The predicted molar refractivity (Wildman–Crippen MR) is 111 cm³/mol. The molecule has 0 bridgehead atoms. The number of nitrogens with one attached hydrogen (secondary N) is 1. The maximum atomic E-state index is 14.3. The van der Waals surface area contributed by atoms with Gasteiger partial charge in [-0.3, -0.25) is 9.59 Å². The van der Waals surface area contributed by atoms with Gasteiger partial charge in [0.15, 0.2) is 5.78 Å². The molecule has 0 spiro atoms. The van der Waals surface area contributed by atoms with Crippen LogP contribution in [0.25, 0.3) is 0 Å². The Morgan fingerprint density at radius 1 is 1.09 bits per heavy atom. The van der Waals surface area contributed by atoms with Gasteiger partial charge in [-0.15, -0.1) is 23.2 Å². The lowest BCUT2D eigenvalue weighted by Gasteiger charge is -2.11. The normalized spacial score (nSPS) is 19.5. The maximum absolute atomic E-state index is 14.3. The molecule has 2 aromatic rings. The number of carbonyl (C=O) groups is 2. The molecule has 32 heavy (non-hydrogen) atoms. The Morgan fingerprint density at radius 3 is 2.34 bits per heavy atom. The van der Waals surface area contributed by atoms with Crippen molar-refractivity contribution < 1.29 is 31.5 Å². The van der Waals surface area contributed by atoms with E-state index < -0.39 is 45.5 Å². The van der Waals surface area contributed by atoms with E-state index in [0.717, 1.165) is 18.2 Å². The summed E-state index contributed by atoms with van der Waals surface area (Å²) in [6, 6.07) is 4.15. The average molecular weight is 515 g/mol. The van der Waals surface area contributed by atoms with Gasteiger partial charge in [-0.05, 0) is 36.2 Å². The van der Waals surface area contributed by atoms with Crippen LogP contribution in [0.4, 0.5) is 27.6 Å². The van der Waals surface area contributed by atoms with Crippen molar-refractivity contribution in [1.82, 2.24) is 0 Å². The zero-order chi connectivity index (χ0) is 24.0. The maximum Gasteiger partial charge on any atom is 0.419 e. The third-order valence-electron chi connectivity index (χ3n) is 5.08. The van der Waals surface area contributed by atoms with Crippen LogP contribution in [0, 0.1) is 17.6 Å². The Kier molecular flexibility index (Phi) is 6.80. The Morgan fingerprint density at radius 2 is 1.75 bits per heavy atom. The van der Waals surface area contributed by atoms with Gasteiger partial charge in [0.25, 0.3) is 0 Å². The quantitative estimate of drug-likeness (QED) is 0.253. The van der Waals surface area contributed by atoms with Crippen molar-refractivity contribution in [3.05, 3.63) is 63.7 Å². The summed E-state index contributed by atoms with van der Waals surface area (Å²) in [4.78, 5) is 24.9. The summed E-state index contributed by atoms with van der Waals surface area (Å²) in [5.41, 5.74) is -1.97. The van der Waals surface area contributed by atoms with Crippen molar-refractivity contribution in [2.75, 3.05) is 5.32 Å². The molecule has 1 fully saturated rings. The predicted octanol–water partition coefficient (Wildman–Crippen LogP) is 7.15. The first-order chi connectivity index (χ1) is 14.8. The van der Waals surface area contributed by atoms with E-state index in [4.69, 9.17) is 34.8 Å². The van der Waals surface area contributed by atoms with Crippen molar-refractivity contribution in [2.24, 2.45) is 5.92 Å². The number of benzene rings is 2. The number of halogens is 8. The SMILES string of the molecule is CCCC(=O)c1cc(NC(=O)[C@H]2[C@H](c3ccc(F)c(C(F)(F)F)c3)C2(Cl)Cl)c(F)cc1Cl. The molecule has 2 atom stereocenters. The van der Waals surface area contributed by atoms with Gasteiger partial charge in [0.2, 0.25) is 5.91 Å². The molecule has 11 heteroatoms. The minimum atomic E-state index is -4.96. The van der Waals surface area contributed by atoms with E-state index in [1.807, 2.05) is 0 Å². The highest BCUT2D eigenvalue weighted by atomic mass is 35.5. The topological polar surface area (TPSA) is 46.2 Å². The number of amides is 1. The van der Waals surface area contributed by atoms with E-state index >= 15 is 0 Å². The Labute approximate surface area is 194 Å². The summed E-state index contributed by atoms with van der Waals surface area (Å²) in [7, 11) is 0. The minimum Gasteiger partial charge on any atom is -0.323 e. The van der Waals surface area contributed by atoms with E-state index in [1.54, 1.807) is 6.92 Å². The molecule has 0 aliphatic heterocycles. The summed E-state index contributed by atoms with van der Waals surface area (Å²) in [6.45, 7) is 1.77. The van der Waals surface area contributed by atoms with Gasteiger partial charge in [-0.25, -0.2) is 8.78 Å². The number of Topliss-reactive ketones (excluding diaryl/α,β-unsaturated/α-hetero) is 1. The van der Waals surface area contributed by atoms with Crippen molar-refractivity contribution in [3.8, 4) is 0 Å². The number of hydrogen-bond acceptors (Lipinski definition) is 2. The van der Waals surface area contributed by atoms with Crippen molar-refractivity contribution >= 4 is 52.2 Å². The third kappa shape index (κ3) is 4.72. The molecular formula is C21H15Cl3F5NO2. The van der Waals surface area contributed by atoms with Crippen LogP contribution in [-0.2, 0) is 11.0 Å². The second-order valence-corrected chi connectivity index (χ2v) is 9.19. The molecule has 1 saturated carbocycles. The molecule has 1 N–H and O–H groups in total. The largest absolute Gasteiger partial charge is 0.419 e. The van der Waals surface area contributed by atoms with Crippen LogP contribution in [-0.4, -0.2) is 16.0 Å². The lowest BCUT2D eigenvalue weighted by molar-refractivity contribution is -0.140. The van der Waals surface area contributed by atoms with Gasteiger partial charge in [-0.1, -0.05) is 24.6 Å². The standard InChI is InChI=1S/C21H15Cl3F5NO2/c1-2-3-16(31)10-7-15(14(26)8-12(10)22)30-19(32)18-17(20(18,23)24)9-4-5-13(25)11(6-9)21(27,28)29/h4-8,17-18H,2-3H2,1H3,(H,30,32)/t17-,18+/m0/s1. The van der Waals surface area contributed by atoms with Crippen molar-refractivity contribution in [1.29, 1.82) is 0 Å². The second-order valence-electron chi connectivity index (χ2n) is 7.34. The number of anilines is 1. The van der Waals surface area contributed by atoms with Gasteiger partial charge in [0.05, 0.1) is 22.2 Å². The van der Waals surface area contributed by atoms with Crippen LogP contribution in [0.5, 0.6) is 0 Å². The van der Waals surface area contributed by atoms with Crippen LogP contribution in [0.1, 0.15) is 47.2 Å². The van der Waals surface area contributed by atoms with Crippen molar-refractivity contribution in [3.63, 3.8) is 0 Å². The number of carbonyl (C=O) groups excluding carboxylic acids is 2. The van der Waals surface area contributed by atoms with Crippen LogP contribution >= 0.6 is 34.8 Å². The lowest BCUT2D eigenvalue weighted by atomic mass is 10.0. The Hall–Kier alpha value is -1.90. The molecule has 0 unspecified atom stereocenters. The second kappa shape index (κ2) is 8.80. The first-order valence-electron chi connectivity index (χ1n) is 9.36. The van der Waals surface area contributed by atoms with E-state index in [9.17, 15) is 31.5 Å². The molecule has 1 aliphatic carbocycles. The number of ketones is 1. The van der Waals surface area contributed by atoms with Gasteiger partial charge in [0.1, 0.15) is 16.0 Å². The summed E-state index contributed by atoms with van der Waals surface area (Å²) in [5, 5.41) is 2.13. The first kappa shape index (κ1) is 24.7. The zero-order valence-electron chi connectivity index (χ0n) is 16.3. The summed E-state index contributed by atoms with van der Waals surface area (Å²) in [5.74, 6) is -5.98. The summed E-state index contributed by atoms with van der Waals surface area (Å²) >= 11 is 18.2. The van der Waals surface area contributed by atoms with Gasteiger partial charge in [-0.2, -0.15) is 13.2 Å². The molecule has 0 saturated heterocycles. The molecule has 0 radical (unpaired) electrons. The fourth-order valence-corrected chi connectivity index (χ4v) is 4.54. The molecular weight excluding hydrogens is 500 g/mol. The Balaban J connectivity index is 1.87. The molecule has 172 valence electrons. The number of rotatable bonds is 6. The van der Waals surface area contributed by atoms with E-state index in [0.29, 0.717) is 18.6 Å². The van der Waals surface area contributed by atoms with Crippen molar-refractivity contribution in [2.45, 2.75) is 36.2 Å². The molecule has 1 amide bonds. The monoisotopic (exact) mass is 513 g/mol. The summed E-state index contributed by atoms with van der Waals surface area (Å²) in [6.07, 6.45) is -4.28. The smallest absolute Gasteiger partial charge is 0.323 e. The minimum absolute atomic E-state index is 0.00827. The Bertz CT molecular complexity index is 1090. The highest BCUT2D eigenvalue weighted by molar-refractivity contribution is 6.53. The molecule has 0 aromatic heterocycles.